The van der Waals surface area contributed by atoms with Gasteiger partial charge in [-0.05, 0) is 24.6 Å². The predicted octanol–water partition coefficient (Wildman–Crippen LogP) is 2.25. The number of rotatable bonds is 4. The van der Waals surface area contributed by atoms with E-state index < -0.39 is 12.1 Å². The monoisotopic (exact) mass is 271 g/mol. The van der Waals surface area contributed by atoms with E-state index in [0.717, 1.165) is 11.3 Å². The minimum Gasteiger partial charge on any atom is -0.394 e. The summed E-state index contributed by atoms with van der Waals surface area (Å²) in [5.74, 6) is 0.479. The number of aromatic nitrogens is 1. The van der Waals surface area contributed by atoms with E-state index in [1.165, 1.54) is 0 Å². The van der Waals surface area contributed by atoms with Gasteiger partial charge in [0.25, 0.3) is 0 Å². The Bertz CT molecular complexity index is 572. The largest absolute Gasteiger partial charge is 0.394 e. The van der Waals surface area contributed by atoms with Crippen LogP contribution in [0, 0.1) is 6.92 Å². The van der Waals surface area contributed by atoms with Crippen LogP contribution >= 0.6 is 0 Å². The van der Waals surface area contributed by atoms with Gasteiger partial charge in [-0.1, -0.05) is 36.4 Å². The van der Waals surface area contributed by atoms with Crippen molar-refractivity contribution in [3.05, 3.63) is 59.8 Å². The van der Waals surface area contributed by atoms with Crippen LogP contribution in [0.1, 0.15) is 17.3 Å². The van der Waals surface area contributed by atoms with Gasteiger partial charge in [-0.3, -0.25) is 5.32 Å². The molecule has 104 valence electrons. The first kappa shape index (κ1) is 14.0. The Labute approximate surface area is 117 Å². The van der Waals surface area contributed by atoms with Crippen molar-refractivity contribution >= 4 is 11.8 Å². The highest BCUT2D eigenvalue weighted by molar-refractivity contribution is 5.88. The Morgan fingerprint density at radius 3 is 2.60 bits per heavy atom. The van der Waals surface area contributed by atoms with Crippen molar-refractivity contribution in [1.29, 1.82) is 0 Å². The van der Waals surface area contributed by atoms with Gasteiger partial charge in [0, 0.05) is 5.69 Å². The van der Waals surface area contributed by atoms with Gasteiger partial charge in [0.2, 0.25) is 0 Å². The first-order valence-corrected chi connectivity index (χ1v) is 6.36. The van der Waals surface area contributed by atoms with Gasteiger partial charge < -0.3 is 10.4 Å². The number of carbonyl (C=O) groups is 1. The molecule has 1 atom stereocenters. The predicted molar refractivity (Wildman–Crippen MR) is 77.4 cm³/mol. The molecule has 2 rings (SSSR count). The van der Waals surface area contributed by atoms with E-state index in [4.69, 9.17) is 0 Å². The van der Waals surface area contributed by atoms with Crippen molar-refractivity contribution in [3.8, 4) is 0 Å². The maximum Gasteiger partial charge on any atom is 0.320 e. The maximum atomic E-state index is 11.9. The molecule has 1 heterocycles. The lowest BCUT2D eigenvalue weighted by atomic mass is 10.1. The van der Waals surface area contributed by atoms with E-state index in [1.54, 1.807) is 6.07 Å². The molecule has 0 bridgehead atoms. The third kappa shape index (κ3) is 3.80. The molecule has 2 amide bonds. The van der Waals surface area contributed by atoms with Crippen molar-refractivity contribution in [3.63, 3.8) is 0 Å². The highest BCUT2D eigenvalue weighted by Crippen LogP contribution is 2.12. The molecule has 0 saturated carbocycles. The lowest BCUT2D eigenvalue weighted by molar-refractivity contribution is 0.225. The maximum absolute atomic E-state index is 11.9. The van der Waals surface area contributed by atoms with Crippen LogP contribution in [-0.2, 0) is 0 Å². The van der Waals surface area contributed by atoms with Crippen LogP contribution in [0.15, 0.2) is 48.5 Å². The summed E-state index contributed by atoms with van der Waals surface area (Å²) >= 11 is 0. The number of nitrogens with zero attached hydrogens (tertiary/aromatic N) is 1. The lowest BCUT2D eigenvalue weighted by Crippen LogP contribution is -2.34. The van der Waals surface area contributed by atoms with Gasteiger partial charge >= 0.3 is 6.03 Å². The summed E-state index contributed by atoms with van der Waals surface area (Å²) in [4.78, 5) is 16.1. The molecule has 2 aromatic rings. The van der Waals surface area contributed by atoms with Crippen LogP contribution in [0.2, 0.25) is 0 Å². The Morgan fingerprint density at radius 1 is 1.20 bits per heavy atom. The zero-order valence-corrected chi connectivity index (χ0v) is 11.2. The van der Waals surface area contributed by atoms with Crippen LogP contribution in [-0.4, -0.2) is 22.7 Å². The molecular formula is C15H17N3O2. The molecule has 5 heteroatoms. The number of nitrogens with one attached hydrogen (secondary N) is 2. The second-order valence-corrected chi connectivity index (χ2v) is 4.41. The van der Waals surface area contributed by atoms with Crippen LogP contribution < -0.4 is 10.6 Å². The Morgan fingerprint density at radius 2 is 1.95 bits per heavy atom. The molecule has 0 aliphatic carbocycles. The van der Waals surface area contributed by atoms with Gasteiger partial charge in [-0.25, -0.2) is 9.78 Å². The van der Waals surface area contributed by atoms with Crippen LogP contribution in [0.5, 0.6) is 0 Å². The number of aliphatic hydroxyl groups is 1. The summed E-state index contributed by atoms with van der Waals surface area (Å²) in [7, 11) is 0. The van der Waals surface area contributed by atoms with Gasteiger partial charge in [-0.2, -0.15) is 0 Å². The van der Waals surface area contributed by atoms with E-state index >= 15 is 0 Å². The average Bonchev–Trinajstić information content (AvgIpc) is 2.45. The molecule has 0 radical (unpaired) electrons. The fourth-order valence-electron chi connectivity index (χ4n) is 1.84. The lowest BCUT2D eigenvalue weighted by Gasteiger charge is -2.17. The number of aliphatic hydroxyl groups excluding tert-OH is 1. The van der Waals surface area contributed by atoms with E-state index in [1.807, 2.05) is 49.4 Å². The summed E-state index contributed by atoms with van der Waals surface area (Å²) in [5, 5.41) is 14.7. The van der Waals surface area contributed by atoms with Gasteiger partial charge in [-0.15, -0.1) is 0 Å². The zero-order chi connectivity index (χ0) is 14.4. The Balaban J connectivity index is 2.00. The van der Waals surface area contributed by atoms with Crippen molar-refractivity contribution < 1.29 is 9.90 Å². The van der Waals surface area contributed by atoms with Gasteiger partial charge in [0.15, 0.2) is 0 Å². The molecule has 0 spiro atoms. The number of urea groups is 1. The van der Waals surface area contributed by atoms with Crippen LogP contribution in [0.4, 0.5) is 10.6 Å². The summed E-state index contributed by atoms with van der Waals surface area (Å²) in [6, 6.07) is 13.9. The standard InChI is InChI=1S/C15H17N3O2/c1-11-6-5-9-14(16-11)18-15(20)17-13(10-19)12-7-3-2-4-8-12/h2-9,13,19H,10H2,1H3,(H2,16,17,18,20)/t13-/m0/s1. The third-order valence-electron chi connectivity index (χ3n) is 2.82. The summed E-state index contributed by atoms with van der Waals surface area (Å²) in [5.41, 5.74) is 1.67. The summed E-state index contributed by atoms with van der Waals surface area (Å²) < 4.78 is 0. The molecule has 1 aromatic heterocycles. The second kappa shape index (κ2) is 6.68. The number of hydrogen-bond donors (Lipinski definition) is 3. The topological polar surface area (TPSA) is 74.2 Å². The molecule has 1 aromatic carbocycles. The van der Waals surface area contributed by atoms with E-state index in [0.29, 0.717) is 5.82 Å². The molecular weight excluding hydrogens is 254 g/mol. The van der Waals surface area contributed by atoms with E-state index in [9.17, 15) is 9.90 Å². The van der Waals surface area contributed by atoms with Gasteiger partial charge in [0.1, 0.15) is 5.82 Å². The molecule has 20 heavy (non-hydrogen) atoms. The number of pyridine rings is 1. The summed E-state index contributed by atoms with van der Waals surface area (Å²) in [6.07, 6.45) is 0. The average molecular weight is 271 g/mol. The second-order valence-electron chi connectivity index (χ2n) is 4.41. The number of hydrogen-bond acceptors (Lipinski definition) is 3. The first-order chi connectivity index (χ1) is 9.69. The summed E-state index contributed by atoms with van der Waals surface area (Å²) in [6.45, 7) is 1.68. The zero-order valence-electron chi connectivity index (χ0n) is 11.2. The Kier molecular flexibility index (Phi) is 4.68. The smallest absolute Gasteiger partial charge is 0.320 e. The molecule has 3 N–H and O–H groups in total. The number of benzene rings is 1. The third-order valence-corrected chi connectivity index (χ3v) is 2.82. The number of amides is 2. The highest BCUT2D eigenvalue weighted by Gasteiger charge is 2.13. The fourth-order valence-corrected chi connectivity index (χ4v) is 1.84. The fraction of sp³-hybridized carbons (Fsp3) is 0.200. The van der Waals surface area contributed by atoms with Crippen molar-refractivity contribution in [2.45, 2.75) is 13.0 Å². The van der Waals surface area contributed by atoms with Gasteiger partial charge in [0.05, 0.1) is 12.6 Å². The first-order valence-electron chi connectivity index (χ1n) is 6.36. The molecule has 0 unspecified atom stereocenters. The van der Waals surface area contributed by atoms with E-state index in [-0.39, 0.29) is 6.61 Å². The van der Waals surface area contributed by atoms with Crippen LogP contribution in [0.25, 0.3) is 0 Å². The molecule has 5 nitrogen and oxygen atoms in total. The number of anilines is 1. The quantitative estimate of drug-likeness (QED) is 0.798. The van der Waals surface area contributed by atoms with Crippen LogP contribution in [0.3, 0.4) is 0 Å². The minimum absolute atomic E-state index is 0.168. The van der Waals surface area contributed by atoms with Crippen molar-refractivity contribution in [1.82, 2.24) is 10.3 Å². The molecule has 0 aliphatic rings. The molecule has 0 saturated heterocycles. The molecule has 0 aliphatic heterocycles. The van der Waals surface area contributed by atoms with E-state index in [2.05, 4.69) is 15.6 Å². The minimum atomic E-state index is -0.444. The van der Waals surface area contributed by atoms with Crippen molar-refractivity contribution in [2.75, 3.05) is 11.9 Å². The highest BCUT2D eigenvalue weighted by atomic mass is 16.3. The Hall–Kier alpha value is -2.40. The normalized spacial score (nSPS) is 11.7. The SMILES string of the molecule is Cc1cccc(NC(=O)N[C@@H](CO)c2ccccc2)n1. The number of aryl methyl sites for hydroxylation is 1. The number of carbonyl (C=O) groups excluding carboxylic acids is 1. The van der Waals surface area contributed by atoms with Crippen molar-refractivity contribution in [2.24, 2.45) is 0 Å². The molecule has 0 fully saturated rings.